The van der Waals surface area contributed by atoms with Crippen LogP contribution in [0.3, 0.4) is 0 Å². The molecule has 0 saturated heterocycles. The quantitative estimate of drug-likeness (QED) is 0.440. The number of nitrogens with zero attached hydrogens (tertiary/aromatic N) is 3. The van der Waals surface area contributed by atoms with Gasteiger partial charge in [0.25, 0.3) is 5.91 Å². The number of imidazole rings is 1. The highest BCUT2D eigenvalue weighted by Crippen LogP contribution is 2.50. The first-order valence-corrected chi connectivity index (χ1v) is 13.1. The van der Waals surface area contributed by atoms with Crippen molar-refractivity contribution in [1.82, 2.24) is 19.8 Å². The monoisotopic (exact) mass is 551 g/mol. The molecule has 3 aliphatic rings. The molecule has 2 atom stereocenters. The summed E-state index contributed by atoms with van der Waals surface area (Å²) in [6.45, 7) is -0.509. The molecule has 1 fully saturated rings. The predicted molar refractivity (Wildman–Crippen MR) is 143 cm³/mol. The standard InChI is InChI=1S/C30H30F2N4O4/c1-30(2,3)40-29(38)33-18-12-17(13-18)9-8-16-10-11-20-21(14-16)36-22-15-23(26(36)34-20)35(4)27(37)19-6-5-7-24(25(19)22)39-28(31)32/h5-7,10-11,14,17-18,22-23,28H,12-13,15H2,1-4H3,(H,33,38)/t17?,18?,22-,23-/m1/s1/i4D3. The van der Waals surface area contributed by atoms with E-state index in [4.69, 9.17) is 18.6 Å². The molecule has 208 valence electrons. The maximum absolute atomic E-state index is 13.6. The highest BCUT2D eigenvalue weighted by atomic mass is 19.3. The van der Waals surface area contributed by atoms with Gasteiger partial charge >= 0.3 is 12.7 Å². The van der Waals surface area contributed by atoms with E-state index in [2.05, 4.69) is 17.2 Å². The lowest BCUT2D eigenvalue weighted by Crippen LogP contribution is -2.45. The van der Waals surface area contributed by atoms with Crippen molar-refractivity contribution >= 4 is 23.0 Å². The van der Waals surface area contributed by atoms with E-state index in [0.29, 0.717) is 35.3 Å². The van der Waals surface area contributed by atoms with E-state index in [1.807, 2.05) is 16.7 Å². The number of halogens is 2. The van der Waals surface area contributed by atoms with E-state index >= 15 is 0 Å². The number of nitrogens with one attached hydrogen (secondary N) is 1. The third-order valence-electron chi connectivity index (χ3n) is 7.43. The highest BCUT2D eigenvalue weighted by Gasteiger charge is 2.45. The second-order valence-corrected chi connectivity index (χ2v) is 11.4. The summed E-state index contributed by atoms with van der Waals surface area (Å²) in [6, 6.07) is 8.04. The van der Waals surface area contributed by atoms with Crippen LogP contribution < -0.4 is 10.1 Å². The first kappa shape index (κ1) is 22.7. The molecule has 3 heterocycles. The van der Waals surface area contributed by atoms with Crippen LogP contribution in [0.1, 0.15) is 83.5 Å². The van der Waals surface area contributed by atoms with Crippen LogP contribution in [0.25, 0.3) is 11.0 Å². The van der Waals surface area contributed by atoms with Gasteiger partial charge in [0, 0.05) is 46.2 Å². The fourth-order valence-electron chi connectivity index (χ4n) is 5.70. The Balaban J connectivity index is 1.33. The van der Waals surface area contributed by atoms with Crippen molar-refractivity contribution in [3.63, 3.8) is 0 Å². The van der Waals surface area contributed by atoms with Gasteiger partial charge in [0.2, 0.25) is 0 Å². The number of amides is 2. The number of aromatic nitrogens is 2. The zero-order valence-electron chi connectivity index (χ0n) is 25.2. The number of carbonyl (C=O) groups is 2. The molecule has 1 aromatic heterocycles. The zero-order chi connectivity index (χ0) is 30.8. The molecule has 2 amide bonds. The van der Waals surface area contributed by atoms with Crippen molar-refractivity contribution in [2.75, 3.05) is 6.98 Å². The van der Waals surface area contributed by atoms with Crippen molar-refractivity contribution in [2.45, 2.75) is 70.4 Å². The molecule has 0 unspecified atom stereocenters. The molecular weight excluding hydrogens is 518 g/mol. The minimum atomic E-state index is -3.13. The summed E-state index contributed by atoms with van der Waals surface area (Å²) in [6.07, 6.45) is 1.09. The molecule has 1 saturated carbocycles. The Bertz CT molecular complexity index is 1680. The summed E-state index contributed by atoms with van der Waals surface area (Å²) in [5.74, 6) is 5.92. The molecule has 0 radical (unpaired) electrons. The fraction of sp³-hybridized carbons (Fsp3) is 0.433. The van der Waals surface area contributed by atoms with Gasteiger partial charge in [0.05, 0.1) is 23.1 Å². The van der Waals surface area contributed by atoms with Gasteiger partial charge < -0.3 is 24.3 Å². The fourth-order valence-corrected chi connectivity index (χ4v) is 5.70. The summed E-state index contributed by atoms with van der Waals surface area (Å²) in [4.78, 5) is 31.1. The topological polar surface area (TPSA) is 85.7 Å². The van der Waals surface area contributed by atoms with Gasteiger partial charge in [-0.2, -0.15) is 8.78 Å². The summed E-state index contributed by atoms with van der Waals surface area (Å²) < 4.78 is 63.2. The van der Waals surface area contributed by atoms with Gasteiger partial charge in [-0.1, -0.05) is 17.9 Å². The molecule has 3 aromatic rings. The Morgan fingerprint density at radius 3 is 2.73 bits per heavy atom. The van der Waals surface area contributed by atoms with E-state index in [0.717, 1.165) is 4.90 Å². The summed E-state index contributed by atoms with van der Waals surface area (Å²) in [5.41, 5.74) is 1.54. The molecule has 1 N–H and O–H groups in total. The number of benzene rings is 2. The number of hydrogen-bond donors (Lipinski definition) is 1. The third-order valence-corrected chi connectivity index (χ3v) is 7.43. The molecule has 40 heavy (non-hydrogen) atoms. The van der Waals surface area contributed by atoms with Gasteiger partial charge in [-0.3, -0.25) is 4.79 Å². The lowest BCUT2D eigenvalue weighted by atomic mass is 9.81. The Morgan fingerprint density at radius 1 is 1.20 bits per heavy atom. The summed E-state index contributed by atoms with van der Waals surface area (Å²) in [7, 11) is 0. The van der Waals surface area contributed by atoms with E-state index < -0.39 is 43.3 Å². The van der Waals surface area contributed by atoms with Crippen LogP contribution >= 0.6 is 0 Å². The normalized spacial score (nSPS) is 24.5. The Morgan fingerprint density at radius 2 is 2.00 bits per heavy atom. The molecule has 2 aromatic carbocycles. The molecule has 2 aliphatic heterocycles. The Kier molecular flexibility index (Phi) is 5.39. The van der Waals surface area contributed by atoms with Crippen LogP contribution in [-0.2, 0) is 4.74 Å². The zero-order valence-corrected chi connectivity index (χ0v) is 22.2. The maximum Gasteiger partial charge on any atom is 0.407 e. The molecular formula is C30H30F2N4O4. The van der Waals surface area contributed by atoms with Crippen molar-refractivity contribution < 1.29 is 32.0 Å². The summed E-state index contributed by atoms with van der Waals surface area (Å²) in [5, 5.41) is 2.85. The number of rotatable bonds is 3. The van der Waals surface area contributed by atoms with Crippen LogP contribution in [-0.4, -0.2) is 51.7 Å². The van der Waals surface area contributed by atoms with Gasteiger partial charge in [-0.25, -0.2) is 9.78 Å². The molecule has 0 spiro atoms. The second-order valence-electron chi connectivity index (χ2n) is 11.4. The van der Waals surface area contributed by atoms with E-state index in [-0.39, 0.29) is 35.3 Å². The first-order valence-electron chi connectivity index (χ1n) is 14.6. The number of alkyl halides is 2. The molecule has 1 aliphatic carbocycles. The Hall–Kier alpha value is -4.13. The van der Waals surface area contributed by atoms with Crippen LogP contribution in [0.15, 0.2) is 36.4 Å². The highest BCUT2D eigenvalue weighted by molar-refractivity contribution is 5.97. The van der Waals surface area contributed by atoms with Crippen LogP contribution in [0.5, 0.6) is 5.75 Å². The minimum absolute atomic E-state index is 0.00440. The predicted octanol–water partition coefficient (Wildman–Crippen LogP) is 5.41. The average molecular weight is 552 g/mol. The minimum Gasteiger partial charge on any atom is -0.444 e. The number of ether oxygens (including phenoxy) is 2. The van der Waals surface area contributed by atoms with E-state index in [1.54, 1.807) is 26.8 Å². The largest absolute Gasteiger partial charge is 0.444 e. The van der Waals surface area contributed by atoms with Gasteiger partial charge in [-0.15, -0.1) is 0 Å². The molecule has 10 heteroatoms. The van der Waals surface area contributed by atoms with Gasteiger partial charge in [0.1, 0.15) is 17.2 Å². The number of fused-ring (bicyclic) bond motifs is 9. The van der Waals surface area contributed by atoms with Crippen molar-refractivity contribution in [2.24, 2.45) is 5.92 Å². The maximum atomic E-state index is 13.6. The van der Waals surface area contributed by atoms with Crippen molar-refractivity contribution in [3.8, 4) is 17.6 Å². The van der Waals surface area contributed by atoms with Gasteiger partial charge in [0.15, 0.2) is 0 Å². The molecule has 8 nitrogen and oxygen atoms in total. The third kappa shape index (κ3) is 4.63. The van der Waals surface area contributed by atoms with Crippen molar-refractivity contribution in [1.29, 1.82) is 0 Å². The van der Waals surface area contributed by atoms with Crippen molar-refractivity contribution in [3.05, 3.63) is 58.9 Å². The smallest absolute Gasteiger partial charge is 0.407 e. The van der Waals surface area contributed by atoms with Gasteiger partial charge in [-0.05, 0) is 63.9 Å². The lowest BCUT2D eigenvalue weighted by Gasteiger charge is -2.33. The SMILES string of the molecule is [2H]C([2H])([2H])N1C(=O)c2cccc(OC(F)F)c2[C@H]2C[C@@H]1c1nc3ccc(C#CC4CC(NC(=O)OC(C)(C)C)C4)cc3n12. The molecule has 6 rings (SSSR count). The summed E-state index contributed by atoms with van der Waals surface area (Å²) >= 11 is 0. The van der Waals surface area contributed by atoms with Crippen LogP contribution in [0, 0.1) is 17.8 Å². The van der Waals surface area contributed by atoms with E-state index in [9.17, 15) is 18.4 Å². The molecule has 2 bridgehead atoms. The Labute approximate surface area is 234 Å². The average Bonchev–Trinajstić information content (AvgIpc) is 3.36. The number of carbonyl (C=O) groups excluding carboxylic acids is 2. The lowest BCUT2D eigenvalue weighted by molar-refractivity contribution is -0.0507. The second kappa shape index (κ2) is 9.51. The number of hydrogen-bond acceptors (Lipinski definition) is 5. The first-order chi connectivity index (χ1) is 20.2. The number of alkyl carbamates (subject to hydrolysis) is 1. The van der Waals surface area contributed by atoms with Crippen LogP contribution in [0.2, 0.25) is 0 Å². The van der Waals surface area contributed by atoms with Crippen LogP contribution in [0.4, 0.5) is 13.6 Å². The van der Waals surface area contributed by atoms with E-state index in [1.165, 1.54) is 18.2 Å².